The number of nitrogens with zero attached hydrogens (tertiary/aromatic N) is 1. The molecule has 2 unspecified atom stereocenters. The molecule has 122 valence electrons. The van der Waals surface area contributed by atoms with Gasteiger partial charge in [0.25, 0.3) is 0 Å². The second-order valence-electron chi connectivity index (χ2n) is 6.46. The van der Waals surface area contributed by atoms with Gasteiger partial charge in [-0.2, -0.15) is 0 Å². The van der Waals surface area contributed by atoms with Gasteiger partial charge in [0.2, 0.25) is 0 Å². The van der Waals surface area contributed by atoms with Crippen molar-refractivity contribution in [2.75, 3.05) is 19.7 Å². The molecule has 6 heteroatoms. The molecular weight excluding hydrogens is 272 g/mol. The molecule has 0 radical (unpaired) electrons. The molecule has 0 aliphatic carbocycles. The van der Waals surface area contributed by atoms with Crippen molar-refractivity contribution >= 4 is 12.2 Å². The zero-order valence-corrected chi connectivity index (χ0v) is 13.8. The summed E-state index contributed by atoms with van der Waals surface area (Å²) in [5.41, 5.74) is -0.524. The van der Waals surface area contributed by atoms with E-state index in [1.165, 1.54) is 0 Å². The van der Waals surface area contributed by atoms with E-state index >= 15 is 0 Å². The predicted molar refractivity (Wildman–Crippen MR) is 80.2 cm³/mol. The number of amides is 2. The third kappa shape index (κ3) is 6.23. The molecule has 21 heavy (non-hydrogen) atoms. The Morgan fingerprint density at radius 2 is 1.90 bits per heavy atom. The molecule has 0 spiro atoms. The lowest BCUT2D eigenvalue weighted by atomic mass is 9.92. The highest BCUT2D eigenvalue weighted by Crippen LogP contribution is 2.21. The molecule has 1 N–H and O–H groups in total. The topological polar surface area (TPSA) is 67.9 Å². The molecule has 1 heterocycles. The van der Waals surface area contributed by atoms with Crippen molar-refractivity contribution in [2.24, 2.45) is 5.92 Å². The highest BCUT2D eigenvalue weighted by Gasteiger charge is 2.31. The average Bonchev–Trinajstić information content (AvgIpc) is 2.36. The van der Waals surface area contributed by atoms with Gasteiger partial charge in [0.1, 0.15) is 5.60 Å². The number of carbonyl (C=O) groups excluding carboxylic acids is 2. The highest BCUT2D eigenvalue weighted by atomic mass is 16.6. The third-order valence-corrected chi connectivity index (χ3v) is 3.36. The summed E-state index contributed by atoms with van der Waals surface area (Å²) >= 11 is 0. The fraction of sp³-hybridized carbons (Fsp3) is 0.867. The van der Waals surface area contributed by atoms with Crippen molar-refractivity contribution < 1.29 is 19.1 Å². The first-order valence-electron chi connectivity index (χ1n) is 7.66. The highest BCUT2D eigenvalue weighted by molar-refractivity contribution is 5.69. The van der Waals surface area contributed by atoms with E-state index < -0.39 is 11.7 Å². The average molecular weight is 300 g/mol. The molecule has 0 saturated carbocycles. The number of carbonyl (C=O) groups is 2. The fourth-order valence-electron chi connectivity index (χ4n) is 2.44. The van der Waals surface area contributed by atoms with E-state index in [2.05, 4.69) is 12.2 Å². The van der Waals surface area contributed by atoms with Crippen LogP contribution in [0.3, 0.4) is 0 Å². The van der Waals surface area contributed by atoms with Crippen LogP contribution in [0.5, 0.6) is 0 Å². The van der Waals surface area contributed by atoms with Crippen molar-refractivity contribution in [1.29, 1.82) is 0 Å². The largest absolute Gasteiger partial charge is 0.450 e. The van der Waals surface area contributed by atoms with E-state index in [4.69, 9.17) is 9.47 Å². The summed E-state index contributed by atoms with van der Waals surface area (Å²) in [6, 6.07) is -0.0945. The van der Waals surface area contributed by atoms with Crippen molar-refractivity contribution in [3.8, 4) is 0 Å². The van der Waals surface area contributed by atoms with Crippen molar-refractivity contribution in [2.45, 2.75) is 59.1 Å². The predicted octanol–water partition coefficient (Wildman–Crippen LogP) is 2.77. The molecule has 0 bridgehead atoms. The van der Waals surface area contributed by atoms with E-state index in [-0.39, 0.29) is 12.1 Å². The summed E-state index contributed by atoms with van der Waals surface area (Å²) < 4.78 is 10.3. The molecule has 2 amide bonds. The number of piperidine rings is 1. The number of likely N-dealkylation sites (tertiary alicyclic amines) is 1. The van der Waals surface area contributed by atoms with E-state index in [0.29, 0.717) is 25.6 Å². The second-order valence-corrected chi connectivity index (χ2v) is 6.46. The lowest BCUT2D eigenvalue weighted by molar-refractivity contribution is 0.0421. The van der Waals surface area contributed by atoms with Gasteiger partial charge in [-0.25, -0.2) is 9.59 Å². The summed E-state index contributed by atoms with van der Waals surface area (Å²) in [7, 11) is 0. The van der Waals surface area contributed by atoms with Gasteiger partial charge in [-0.05, 0) is 40.0 Å². The molecule has 1 fully saturated rings. The maximum absolute atomic E-state index is 11.9. The van der Waals surface area contributed by atoms with Gasteiger partial charge in [-0.3, -0.25) is 0 Å². The molecule has 1 aliphatic heterocycles. The van der Waals surface area contributed by atoms with E-state index in [1.807, 2.05) is 20.8 Å². The molecule has 1 rings (SSSR count). The summed E-state index contributed by atoms with van der Waals surface area (Å²) in [5.74, 6) is 0.364. The zero-order valence-electron chi connectivity index (χ0n) is 13.8. The standard InChI is InChI=1S/C15H28N2O4/c1-6-11-8-12(16-13(18)21-15(3,4)5)10-17(9-11)14(19)20-7-2/h11-12H,6-10H2,1-5H3,(H,16,18). The van der Waals surface area contributed by atoms with Gasteiger partial charge in [-0.15, -0.1) is 0 Å². The number of ether oxygens (including phenoxy) is 2. The second kappa shape index (κ2) is 7.52. The minimum Gasteiger partial charge on any atom is -0.450 e. The Morgan fingerprint density at radius 3 is 2.43 bits per heavy atom. The lowest BCUT2D eigenvalue weighted by Gasteiger charge is -2.37. The zero-order chi connectivity index (χ0) is 16.0. The molecule has 0 aromatic carbocycles. The van der Waals surface area contributed by atoms with Crippen molar-refractivity contribution in [3.05, 3.63) is 0 Å². The maximum atomic E-state index is 11.9. The van der Waals surface area contributed by atoms with Gasteiger partial charge in [0.05, 0.1) is 12.6 Å². The molecule has 1 saturated heterocycles. The van der Waals surface area contributed by atoms with Crippen LogP contribution in [0.2, 0.25) is 0 Å². The first kappa shape index (κ1) is 17.6. The van der Waals surface area contributed by atoms with Crippen LogP contribution in [0.25, 0.3) is 0 Å². The number of hydrogen-bond acceptors (Lipinski definition) is 4. The number of hydrogen-bond donors (Lipinski definition) is 1. The van der Waals surface area contributed by atoms with Crippen LogP contribution >= 0.6 is 0 Å². The van der Waals surface area contributed by atoms with Crippen LogP contribution in [-0.4, -0.2) is 48.4 Å². The van der Waals surface area contributed by atoms with Crippen LogP contribution in [0.1, 0.15) is 47.5 Å². The molecule has 2 atom stereocenters. The first-order chi connectivity index (χ1) is 9.75. The summed E-state index contributed by atoms with van der Waals surface area (Å²) in [4.78, 5) is 25.4. The molecule has 6 nitrogen and oxygen atoms in total. The summed E-state index contributed by atoms with van der Waals surface area (Å²) in [6.07, 6.45) is 1.06. The number of nitrogens with one attached hydrogen (secondary N) is 1. The molecule has 1 aliphatic rings. The van der Waals surface area contributed by atoms with Crippen LogP contribution in [-0.2, 0) is 9.47 Å². The van der Waals surface area contributed by atoms with Crippen molar-refractivity contribution in [1.82, 2.24) is 10.2 Å². The normalized spacial score (nSPS) is 22.6. The number of rotatable bonds is 3. The first-order valence-corrected chi connectivity index (χ1v) is 7.66. The fourth-order valence-corrected chi connectivity index (χ4v) is 2.44. The minimum atomic E-state index is -0.524. The Kier molecular flexibility index (Phi) is 6.30. The van der Waals surface area contributed by atoms with Crippen molar-refractivity contribution in [3.63, 3.8) is 0 Å². The summed E-state index contributed by atoms with van der Waals surface area (Å²) in [6.45, 7) is 10.9. The number of alkyl carbamates (subject to hydrolysis) is 1. The minimum absolute atomic E-state index is 0.0945. The van der Waals surface area contributed by atoms with Gasteiger partial charge >= 0.3 is 12.2 Å². The van der Waals surface area contributed by atoms with Crippen LogP contribution in [0.4, 0.5) is 9.59 Å². The van der Waals surface area contributed by atoms with E-state index in [1.54, 1.807) is 11.8 Å². The van der Waals surface area contributed by atoms with E-state index in [9.17, 15) is 9.59 Å². The molecule has 0 aromatic rings. The Balaban J connectivity index is 2.60. The van der Waals surface area contributed by atoms with Gasteiger partial charge in [0, 0.05) is 13.1 Å². The smallest absolute Gasteiger partial charge is 0.409 e. The Morgan fingerprint density at radius 1 is 1.24 bits per heavy atom. The monoisotopic (exact) mass is 300 g/mol. The van der Waals surface area contributed by atoms with Gasteiger partial charge < -0.3 is 19.7 Å². The Bertz CT molecular complexity index is 365. The van der Waals surface area contributed by atoms with E-state index in [0.717, 1.165) is 12.8 Å². The van der Waals surface area contributed by atoms with Gasteiger partial charge in [-0.1, -0.05) is 13.3 Å². The molecule has 0 aromatic heterocycles. The van der Waals surface area contributed by atoms with Gasteiger partial charge in [0.15, 0.2) is 0 Å². The SMILES string of the molecule is CCOC(=O)N1CC(CC)CC(NC(=O)OC(C)(C)C)C1. The lowest BCUT2D eigenvalue weighted by Crippen LogP contribution is -2.53. The molecular formula is C15H28N2O4. The summed E-state index contributed by atoms with van der Waals surface area (Å²) in [5, 5.41) is 2.86. The van der Waals surface area contributed by atoms with Crippen LogP contribution in [0.15, 0.2) is 0 Å². The van der Waals surface area contributed by atoms with Crippen LogP contribution < -0.4 is 5.32 Å². The Hall–Kier alpha value is -1.46. The third-order valence-electron chi connectivity index (χ3n) is 3.36. The quantitative estimate of drug-likeness (QED) is 0.870. The Labute approximate surface area is 127 Å². The maximum Gasteiger partial charge on any atom is 0.409 e. The van der Waals surface area contributed by atoms with Crippen LogP contribution in [0, 0.1) is 5.92 Å².